The highest BCUT2D eigenvalue weighted by Crippen LogP contribution is 2.21. The Morgan fingerprint density at radius 3 is 2.04 bits per heavy atom. The Hall–Kier alpha value is -3.15. The van der Waals surface area contributed by atoms with Crippen molar-refractivity contribution in [3.05, 3.63) is 65.7 Å². The lowest BCUT2D eigenvalue weighted by atomic mass is 10.1. The topological polar surface area (TPSA) is 78.5 Å². The number of hydrogen-bond acceptors (Lipinski definition) is 3. The third-order valence-corrected chi connectivity index (χ3v) is 3.53. The van der Waals surface area contributed by atoms with Gasteiger partial charge in [-0.3, -0.25) is 14.5 Å². The van der Waals surface area contributed by atoms with Crippen LogP contribution in [0.25, 0.3) is 0 Å². The Morgan fingerprint density at radius 2 is 1.43 bits per heavy atom. The molecule has 0 saturated carbocycles. The van der Waals surface area contributed by atoms with E-state index in [2.05, 4.69) is 10.6 Å². The van der Waals surface area contributed by atoms with Crippen LogP contribution in [0.4, 0.5) is 10.5 Å². The summed E-state index contributed by atoms with van der Waals surface area (Å²) in [5.74, 6) is -0.647. The van der Waals surface area contributed by atoms with Gasteiger partial charge in [0.05, 0.1) is 11.1 Å². The van der Waals surface area contributed by atoms with Gasteiger partial charge in [0.25, 0.3) is 11.8 Å². The average Bonchev–Trinajstić information content (AvgIpc) is 2.81. The van der Waals surface area contributed by atoms with Gasteiger partial charge in [0.2, 0.25) is 0 Å². The van der Waals surface area contributed by atoms with Crippen LogP contribution in [0.15, 0.2) is 54.6 Å². The van der Waals surface area contributed by atoms with Gasteiger partial charge in [-0.1, -0.05) is 30.3 Å². The van der Waals surface area contributed by atoms with Crippen LogP contribution in [0.3, 0.4) is 0 Å². The summed E-state index contributed by atoms with van der Waals surface area (Å²) in [6.45, 7) is 0.318. The van der Waals surface area contributed by atoms with E-state index in [1.165, 1.54) is 0 Å². The molecule has 3 rings (SSSR count). The molecule has 1 aliphatic heterocycles. The maximum Gasteiger partial charge on any atom is 0.319 e. The number of nitrogens with one attached hydrogen (secondary N) is 2. The summed E-state index contributed by atoms with van der Waals surface area (Å²) in [6.07, 6.45) is 0. The number of imide groups is 1. The number of urea groups is 1. The van der Waals surface area contributed by atoms with E-state index in [1.54, 1.807) is 36.4 Å². The second-order valence-electron chi connectivity index (χ2n) is 5.05. The standard InChI is InChI=1S/C17H15N3O3/c21-15-13-8-4-5-9-14(13)16(22)20(15)11-10-18-17(23)19-12-6-2-1-3-7-12/h1-9H,10-11H2,(H2,18,19,23). The van der Waals surface area contributed by atoms with E-state index in [4.69, 9.17) is 0 Å². The quantitative estimate of drug-likeness (QED) is 0.849. The van der Waals surface area contributed by atoms with E-state index in [0.29, 0.717) is 16.8 Å². The van der Waals surface area contributed by atoms with Crippen LogP contribution in [-0.4, -0.2) is 35.8 Å². The summed E-state index contributed by atoms with van der Waals surface area (Å²) in [5, 5.41) is 5.30. The third-order valence-electron chi connectivity index (χ3n) is 3.53. The van der Waals surface area contributed by atoms with Gasteiger partial charge in [0, 0.05) is 18.8 Å². The van der Waals surface area contributed by atoms with Gasteiger partial charge in [-0.15, -0.1) is 0 Å². The van der Waals surface area contributed by atoms with Crippen LogP contribution < -0.4 is 10.6 Å². The Labute approximate surface area is 133 Å². The predicted molar refractivity (Wildman–Crippen MR) is 85.3 cm³/mol. The summed E-state index contributed by atoms with van der Waals surface area (Å²) < 4.78 is 0. The zero-order chi connectivity index (χ0) is 16.2. The number of carbonyl (C=O) groups excluding carboxylic acids is 3. The Morgan fingerprint density at radius 1 is 0.870 bits per heavy atom. The molecular formula is C17H15N3O3. The lowest BCUT2D eigenvalue weighted by molar-refractivity contribution is 0.0656. The molecular weight excluding hydrogens is 294 g/mol. The fraction of sp³-hybridized carbons (Fsp3) is 0.118. The van der Waals surface area contributed by atoms with Crippen molar-refractivity contribution >= 4 is 23.5 Å². The van der Waals surface area contributed by atoms with Crippen molar-refractivity contribution in [1.82, 2.24) is 10.2 Å². The maximum atomic E-state index is 12.2. The lowest BCUT2D eigenvalue weighted by Crippen LogP contribution is -2.39. The minimum atomic E-state index is -0.382. The average molecular weight is 309 g/mol. The molecule has 0 unspecified atom stereocenters. The molecule has 0 radical (unpaired) electrons. The third kappa shape index (κ3) is 3.06. The van der Waals surface area contributed by atoms with E-state index in [-0.39, 0.29) is 30.9 Å². The number of hydrogen-bond donors (Lipinski definition) is 2. The van der Waals surface area contributed by atoms with E-state index in [9.17, 15) is 14.4 Å². The molecule has 2 N–H and O–H groups in total. The van der Waals surface area contributed by atoms with E-state index in [0.717, 1.165) is 4.90 Å². The number of rotatable bonds is 4. The van der Waals surface area contributed by atoms with Crippen LogP contribution in [0.2, 0.25) is 0 Å². The Bertz CT molecular complexity index is 724. The van der Waals surface area contributed by atoms with Crippen molar-refractivity contribution < 1.29 is 14.4 Å². The summed E-state index contributed by atoms with van der Waals surface area (Å²) >= 11 is 0. The molecule has 4 amide bonds. The first kappa shape index (κ1) is 14.8. The number of fused-ring (bicyclic) bond motifs is 1. The van der Waals surface area contributed by atoms with Crippen molar-refractivity contribution in [3.63, 3.8) is 0 Å². The van der Waals surface area contributed by atoms with Gasteiger partial charge >= 0.3 is 6.03 Å². The van der Waals surface area contributed by atoms with E-state index < -0.39 is 0 Å². The molecule has 1 heterocycles. The monoisotopic (exact) mass is 309 g/mol. The number of para-hydroxylation sites is 1. The number of carbonyl (C=O) groups is 3. The first-order valence-corrected chi connectivity index (χ1v) is 7.22. The highest BCUT2D eigenvalue weighted by atomic mass is 16.2. The minimum absolute atomic E-state index is 0.133. The van der Waals surface area contributed by atoms with E-state index in [1.807, 2.05) is 18.2 Å². The molecule has 1 aliphatic rings. The van der Waals surface area contributed by atoms with Crippen molar-refractivity contribution in [2.75, 3.05) is 18.4 Å². The number of benzene rings is 2. The fourth-order valence-corrected chi connectivity index (χ4v) is 2.42. The molecule has 23 heavy (non-hydrogen) atoms. The summed E-state index contributed by atoms with van der Waals surface area (Å²) in [7, 11) is 0. The van der Waals surface area contributed by atoms with Gasteiger partial charge in [-0.05, 0) is 24.3 Å². The van der Waals surface area contributed by atoms with Crippen molar-refractivity contribution in [2.24, 2.45) is 0 Å². The molecule has 0 bridgehead atoms. The normalized spacial score (nSPS) is 13.0. The summed E-state index contributed by atoms with van der Waals surface area (Å²) in [5.41, 5.74) is 1.49. The van der Waals surface area contributed by atoms with Crippen molar-refractivity contribution in [2.45, 2.75) is 0 Å². The molecule has 0 saturated heterocycles. The van der Waals surface area contributed by atoms with Gasteiger partial charge in [-0.2, -0.15) is 0 Å². The van der Waals surface area contributed by atoms with Crippen molar-refractivity contribution in [1.29, 1.82) is 0 Å². The molecule has 0 aromatic heterocycles. The summed E-state index contributed by atoms with van der Waals surface area (Å²) in [6, 6.07) is 15.3. The first-order valence-electron chi connectivity index (χ1n) is 7.22. The predicted octanol–water partition coefficient (Wildman–Crippen LogP) is 2.10. The molecule has 6 heteroatoms. The number of nitrogens with zero attached hydrogens (tertiary/aromatic N) is 1. The molecule has 0 spiro atoms. The van der Waals surface area contributed by atoms with Crippen molar-refractivity contribution in [3.8, 4) is 0 Å². The van der Waals surface area contributed by atoms with Gasteiger partial charge in [0.15, 0.2) is 0 Å². The smallest absolute Gasteiger partial charge is 0.319 e. The molecule has 0 atom stereocenters. The summed E-state index contributed by atoms with van der Waals surface area (Å²) in [4.78, 5) is 37.2. The fourth-order valence-electron chi connectivity index (χ4n) is 2.42. The largest absolute Gasteiger partial charge is 0.336 e. The number of amides is 4. The zero-order valence-corrected chi connectivity index (χ0v) is 12.3. The number of anilines is 1. The lowest BCUT2D eigenvalue weighted by Gasteiger charge is -2.14. The highest BCUT2D eigenvalue weighted by Gasteiger charge is 2.34. The molecule has 2 aromatic carbocycles. The Kier molecular flexibility index (Phi) is 4.05. The van der Waals surface area contributed by atoms with Crippen LogP contribution in [-0.2, 0) is 0 Å². The van der Waals surface area contributed by atoms with E-state index >= 15 is 0 Å². The molecule has 116 valence electrons. The molecule has 6 nitrogen and oxygen atoms in total. The maximum absolute atomic E-state index is 12.2. The minimum Gasteiger partial charge on any atom is -0.336 e. The first-order chi connectivity index (χ1) is 11.2. The Balaban J connectivity index is 1.53. The zero-order valence-electron chi connectivity index (χ0n) is 12.3. The molecule has 0 fully saturated rings. The van der Waals surface area contributed by atoms with Gasteiger partial charge in [0.1, 0.15) is 0 Å². The molecule has 2 aromatic rings. The van der Waals surface area contributed by atoms with Gasteiger partial charge in [-0.25, -0.2) is 4.79 Å². The van der Waals surface area contributed by atoms with Crippen LogP contribution in [0.5, 0.6) is 0 Å². The highest BCUT2D eigenvalue weighted by molar-refractivity contribution is 6.21. The van der Waals surface area contributed by atoms with Crippen LogP contribution >= 0.6 is 0 Å². The molecule has 0 aliphatic carbocycles. The van der Waals surface area contributed by atoms with Crippen LogP contribution in [0.1, 0.15) is 20.7 Å². The SMILES string of the molecule is O=C(NCCN1C(=O)c2ccccc2C1=O)Nc1ccccc1. The van der Waals surface area contributed by atoms with Gasteiger partial charge < -0.3 is 10.6 Å². The van der Waals surface area contributed by atoms with Crippen LogP contribution in [0, 0.1) is 0 Å². The second-order valence-corrected chi connectivity index (χ2v) is 5.05. The second kappa shape index (κ2) is 6.31.